The molecule has 0 saturated heterocycles. The van der Waals surface area contributed by atoms with Gasteiger partial charge in [-0.3, -0.25) is 14.4 Å². The number of hydrogen-bond acceptors (Lipinski definition) is 4. The summed E-state index contributed by atoms with van der Waals surface area (Å²) in [6.07, 6.45) is 1.95. The minimum Gasteiger partial charge on any atom is -0.481 e. The van der Waals surface area contributed by atoms with Crippen molar-refractivity contribution >= 4 is 17.8 Å². The lowest BCUT2D eigenvalue weighted by Crippen LogP contribution is -2.37. The molecule has 0 fully saturated rings. The molecule has 3 rings (SSSR count). The summed E-state index contributed by atoms with van der Waals surface area (Å²) in [5.41, 5.74) is 5.70. The van der Waals surface area contributed by atoms with Gasteiger partial charge in [0.05, 0.1) is 19.1 Å². The molecular weight excluding hydrogens is 516 g/mol. The Balaban J connectivity index is 1.46. The number of carboxylic acids is 1. The summed E-state index contributed by atoms with van der Waals surface area (Å²) in [5.74, 6) is -2.14. The van der Waals surface area contributed by atoms with Crippen LogP contribution in [0.2, 0.25) is 0 Å². The van der Waals surface area contributed by atoms with E-state index in [9.17, 15) is 19.5 Å². The molecule has 7 nitrogen and oxygen atoms in total. The summed E-state index contributed by atoms with van der Waals surface area (Å²) in [6, 6.07) is 26.0. The van der Waals surface area contributed by atoms with Gasteiger partial charge in [-0.25, -0.2) is 0 Å². The van der Waals surface area contributed by atoms with E-state index in [2.05, 4.69) is 54.0 Å². The van der Waals surface area contributed by atoms with Gasteiger partial charge in [-0.1, -0.05) is 85.8 Å². The van der Waals surface area contributed by atoms with Crippen LogP contribution in [0.1, 0.15) is 55.3 Å². The number of benzene rings is 3. The van der Waals surface area contributed by atoms with Gasteiger partial charge in [0.2, 0.25) is 11.8 Å². The molecule has 0 saturated carbocycles. The van der Waals surface area contributed by atoms with E-state index in [1.54, 1.807) is 7.11 Å². The number of carbonyl (C=O) groups is 3. The maximum Gasteiger partial charge on any atom is 0.304 e. The molecule has 0 aromatic heterocycles. The molecule has 41 heavy (non-hydrogen) atoms. The molecule has 0 bridgehead atoms. The van der Waals surface area contributed by atoms with Crippen molar-refractivity contribution in [1.82, 2.24) is 10.6 Å². The number of nitrogens with one attached hydrogen (secondary N) is 2. The maximum atomic E-state index is 12.9. The highest BCUT2D eigenvalue weighted by molar-refractivity contribution is 5.83. The highest BCUT2D eigenvalue weighted by atomic mass is 16.5. The molecule has 218 valence electrons. The number of carboxylic acid groups (broad SMARTS) is 1. The number of rotatable bonds is 16. The van der Waals surface area contributed by atoms with Crippen LogP contribution < -0.4 is 10.6 Å². The van der Waals surface area contributed by atoms with E-state index < -0.39 is 11.9 Å². The third-order valence-electron chi connectivity index (χ3n) is 7.25. The van der Waals surface area contributed by atoms with Gasteiger partial charge in [-0.15, -0.1) is 0 Å². The lowest BCUT2D eigenvalue weighted by Gasteiger charge is -2.21. The van der Waals surface area contributed by atoms with Crippen LogP contribution in [-0.4, -0.2) is 43.2 Å². The molecule has 3 N–H and O–H groups in total. The summed E-state index contributed by atoms with van der Waals surface area (Å²) in [5, 5.41) is 15.3. The van der Waals surface area contributed by atoms with Gasteiger partial charge in [0.25, 0.3) is 0 Å². The fourth-order valence-electron chi connectivity index (χ4n) is 4.97. The molecule has 1 unspecified atom stereocenters. The van der Waals surface area contributed by atoms with E-state index in [4.69, 9.17) is 4.74 Å². The van der Waals surface area contributed by atoms with Crippen LogP contribution in [0, 0.1) is 18.8 Å². The van der Waals surface area contributed by atoms with Crippen molar-refractivity contribution in [3.8, 4) is 11.1 Å². The third kappa shape index (κ3) is 10.5. The zero-order valence-electron chi connectivity index (χ0n) is 24.3. The number of hydrogen-bond donors (Lipinski definition) is 3. The van der Waals surface area contributed by atoms with Crippen molar-refractivity contribution in [1.29, 1.82) is 0 Å². The monoisotopic (exact) mass is 558 g/mol. The van der Waals surface area contributed by atoms with Crippen molar-refractivity contribution in [2.24, 2.45) is 11.8 Å². The Morgan fingerprint density at radius 3 is 2.24 bits per heavy atom. The summed E-state index contributed by atoms with van der Waals surface area (Å²) in [6.45, 7) is 4.63. The summed E-state index contributed by atoms with van der Waals surface area (Å²) >= 11 is 0. The predicted octanol–water partition coefficient (Wildman–Crippen LogP) is 5.72. The SMILES string of the molecule is COC[C@@H](NC(=O)CC(C)CNC(=O)[C@H](CCCc1ccc(-c2ccccc2C)cc1)CC(=O)O)c1ccccc1. The second-order valence-electron chi connectivity index (χ2n) is 10.7. The van der Waals surface area contributed by atoms with Crippen LogP contribution in [0.3, 0.4) is 0 Å². The number of ether oxygens (including phenoxy) is 1. The quantitative estimate of drug-likeness (QED) is 0.209. The highest BCUT2D eigenvalue weighted by Crippen LogP contribution is 2.24. The van der Waals surface area contributed by atoms with Crippen LogP contribution in [-0.2, 0) is 25.5 Å². The van der Waals surface area contributed by atoms with Crippen molar-refractivity contribution in [3.63, 3.8) is 0 Å². The Hall–Kier alpha value is -3.97. The van der Waals surface area contributed by atoms with Crippen molar-refractivity contribution in [2.75, 3.05) is 20.3 Å². The fraction of sp³-hybridized carbons (Fsp3) is 0.382. The molecule has 7 heteroatoms. The van der Waals surface area contributed by atoms with Crippen LogP contribution in [0.15, 0.2) is 78.9 Å². The lowest BCUT2D eigenvalue weighted by atomic mass is 9.94. The number of methoxy groups -OCH3 is 1. The van der Waals surface area contributed by atoms with E-state index in [0.29, 0.717) is 26.0 Å². The standard InChI is InChI=1S/C34H42N2O5/c1-24(20-32(37)36-31(23-41-3)28-12-5-4-6-13-28)22-35-34(40)29(21-33(38)39)14-9-11-26-16-18-27(19-17-26)30-15-8-7-10-25(30)2/h4-8,10,12-13,15-19,24,29,31H,9,11,14,20-23H2,1-3H3,(H,35,40)(H,36,37)(H,38,39)/t24?,29-,31-/m1/s1. The summed E-state index contributed by atoms with van der Waals surface area (Å²) in [4.78, 5) is 37.0. The summed E-state index contributed by atoms with van der Waals surface area (Å²) < 4.78 is 5.27. The van der Waals surface area contributed by atoms with Gasteiger partial charge < -0.3 is 20.5 Å². The van der Waals surface area contributed by atoms with E-state index in [0.717, 1.165) is 23.1 Å². The van der Waals surface area contributed by atoms with E-state index >= 15 is 0 Å². The average molecular weight is 559 g/mol. The second-order valence-corrected chi connectivity index (χ2v) is 10.7. The van der Waals surface area contributed by atoms with Crippen LogP contribution in [0.5, 0.6) is 0 Å². The smallest absolute Gasteiger partial charge is 0.304 e. The van der Waals surface area contributed by atoms with Gasteiger partial charge in [0, 0.05) is 26.0 Å². The molecule has 3 aromatic rings. The first-order valence-corrected chi connectivity index (χ1v) is 14.2. The molecule has 0 aliphatic carbocycles. The van der Waals surface area contributed by atoms with Gasteiger partial charge in [-0.2, -0.15) is 0 Å². The molecule has 0 spiro atoms. The minimum atomic E-state index is -0.995. The molecular formula is C34H42N2O5. The van der Waals surface area contributed by atoms with E-state index in [1.165, 1.54) is 11.1 Å². The van der Waals surface area contributed by atoms with Crippen LogP contribution >= 0.6 is 0 Å². The second kappa shape index (κ2) is 16.3. The Morgan fingerprint density at radius 1 is 0.902 bits per heavy atom. The van der Waals surface area contributed by atoms with Gasteiger partial charge in [-0.05, 0) is 59.9 Å². The normalized spacial score (nSPS) is 13.1. The Kier molecular flexibility index (Phi) is 12.6. The minimum absolute atomic E-state index is 0.116. The van der Waals surface area contributed by atoms with E-state index in [1.807, 2.05) is 49.4 Å². The summed E-state index contributed by atoms with van der Waals surface area (Å²) in [7, 11) is 1.59. The number of aliphatic carboxylic acids is 1. The Morgan fingerprint density at radius 2 is 1.59 bits per heavy atom. The number of aryl methyl sites for hydroxylation is 2. The fourth-order valence-corrected chi connectivity index (χ4v) is 4.97. The Labute approximate surface area is 243 Å². The largest absolute Gasteiger partial charge is 0.481 e. The zero-order valence-corrected chi connectivity index (χ0v) is 24.3. The molecule has 0 aliphatic rings. The molecule has 3 aromatic carbocycles. The topological polar surface area (TPSA) is 105 Å². The van der Waals surface area contributed by atoms with Crippen molar-refractivity contribution < 1.29 is 24.2 Å². The first-order valence-electron chi connectivity index (χ1n) is 14.2. The molecule has 2 amide bonds. The van der Waals surface area contributed by atoms with Crippen LogP contribution in [0.25, 0.3) is 11.1 Å². The first-order chi connectivity index (χ1) is 19.8. The molecule has 0 heterocycles. The van der Waals surface area contributed by atoms with Crippen LogP contribution in [0.4, 0.5) is 0 Å². The van der Waals surface area contributed by atoms with Crippen molar-refractivity contribution in [3.05, 3.63) is 95.6 Å². The predicted molar refractivity (Wildman–Crippen MR) is 161 cm³/mol. The van der Waals surface area contributed by atoms with E-state index in [-0.39, 0.29) is 36.6 Å². The number of amides is 2. The lowest BCUT2D eigenvalue weighted by molar-refractivity contribution is -0.141. The number of carbonyl (C=O) groups excluding carboxylic acids is 2. The molecule has 0 radical (unpaired) electrons. The zero-order chi connectivity index (χ0) is 29.6. The first kappa shape index (κ1) is 31.6. The Bertz CT molecular complexity index is 1260. The maximum absolute atomic E-state index is 12.9. The van der Waals surface area contributed by atoms with Gasteiger partial charge in [0.15, 0.2) is 0 Å². The molecule has 3 atom stereocenters. The van der Waals surface area contributed by atoms with Gasteiger partial charge in [0.1, 0.15) is 0 Å². The highest BCUT2D eigenvalue weighted by Gasteiger charge is 2.23. The molecule has 0 aliphatic heterocycles. The van der Waals surface area contributed by atoms with Gasteiger partial charge >= 0.3 is 5.97 Å². The average Bonchev–Trinajstić information content (AvgIpc) is 2.96. The van der Waals surface area contributed by atoms with Crippen molar-refractivity contribution in [2.45, 2.75) is 52.0 Å². The third-order valence-corrected chi connectivity index (χ3v) is 7.25.